The SMILES string of the molecule is Oc1ccc(O)c(-c2cc(Cl)c(Cl)c(Cl)c2)c1. The van der Waals surface area contributed by atoms with Crippen molar-refractivity contribution in [1.82, 2.24) is 0 Å². The van der Waals surface area contributed by atoms with Gasteiger partial charge in [-0.15, -0.1) is 0 Å². The molecule has 0 fully saturated rings. The molecule has 0 unspecified atom stereocenters. The zero-order valence-corrected chi connectivity index (χ0v) is 10.7. The van der Waals surface area contributed by atoms with Crippen molar-refractivity contribution >= 4 is 34.8 Å². The molecule has 5 heteroatoms. The lowest BCUT2D eigenvalue weighted by molar-refractivity contribution is 0.462. The first-order chi connectivity index (χ1) is 7.99. The Hall–Kier alpha value is -1.09. The summed E-state index contributed by atoms with van der Waals surface area (Å²) in [5, 5.41) is 19.9. The molecule has 0 heterocycles. The predicted molar refractivity (Wildman–Crippen MR) is 70.2 cm³/mol. The Morgan fingerprint density at radius 3 is 2.00 bits per heavy atom. The number of phenolic OH excluding ortho intramolecular Hbond substituents is 2. The summed E-state index contributed by atoms with van der Waals surface area (Å²) in [5.74, 6) is 0.0669. The van der Waals surface area contributed by atoms with E-state index >= 15 is 0 Å². The summed E-state index contributed by atoms with van der Waals surface area (Å²) in [6.07, 6.45) is 0. The first-order valence-electron chi connectivity index (χ1n) is 4.66. The number of hydrogen-bond acceptors (Lipinski definition) is 2. The first-order valence-corrected chi connectivity index (χ1v) is 5.79. The van der Waals surface area contributed by atoms with E-state index in [-0.39, 0.29) is 26.6 Å². The minimum absolute atomic E-state index is 0.0252. The van der Waals surface area contributed by atoms with E-state index in [0.717, 1.165) is 0 Å². The number of hydrogen-bond donors (Lipinski definition) is 2. The number of phenols is 2. The highest BCUT2D eigenvalue weighted by Crippen LogP contribution is 2.38. The lowest BCUT2D eigenvalue weighted by atomic mass is 10.0. The normalized spacial score (nSPS) is 10.5. The molecule has 2 N–H and O–H groups in total. The largest absolute Gasteiger partial charge is 0.508 e. The fraction of sp³-hybridized carbons (Fsp3) is 0. The molecule has 2 rings (SSSR count). The van der Waals surface area contributed by atoms with Gasteiger partial charge in [-0.1, -0.05) is 34.8 Å². The average Bonchev–Trinajstić information content (AvgIpc) is 2.28. The van der Waals surface area contributed by atoms with Crippen LogP contribution in [-0.2, 0) is 0 Å². The quantitative estimate of drug-likeness (QED) is 0.589. The van der Waals surface area contributed by atoms with Crippen LogP contribution in [0.3, 0.4) is 0 Å². The van der Waals surface area contributed by atoms with Crippen LogP contribution in [0.5, 0.6) is 11.5 Å². The van der Waals surface area contributed by atoms with Crippen molar-refractivity contribution in [2.24, 2.45) is 0 Å². The molecule has 0 aliphatic rings. The molecule has 0 bridgehead atoms. The molecule has 0 saturated carbocycles. The highest BCUT2D eigenvalue weighted by molar-refractivity contribution is 6.48. The molecule has 0 aromatic heterocycles. The molecule has 0 amide bonds. The van der Waals surface area contributed by atoms with Gasteiger partial charge >= 0.3 is 0 Å². The van der Waals surface area contributed by atoms with E-state index in [2.05, 4.69) is 0 Å². The van der Waals surface area contributed by atoms with Gasteiger partial charge in [-0.25, -0.2) is 0 Å². The van der Waals surface area contributed by atoms with Gasteiger partial charge < -0.3 is 10.2 Å². The molecule has 0 aliphatic carbocycles. The summed E-state index contributed by atoms with van der Waals surface area (Å²) in [4.78, 5) is 0. The van der Waals surface area contributed by atoms with Gasteiger partial charge in [0.1, 0.15) is 11.5 Å². The third-order valence-electron chi connectivity index (χ3n) is 2.27. The second kappa shape index (κ2) is 4.65. The van der Waals surface area contributed by atoms with Gasteiger partial charge in [-0.2, -0.15) is 0 Å². The molecule has 0 spiro atoms. The first kappa shape index (κ1) is 12.4. The second-order valence-corrected chi connectivity index (χ2v) is 4.65. The number of aromatic hydroxyl groups is 2. The van der Waals surface area contributed by atoms with Crippen LogP contribution in [0.1, 0.15) is 0 Å². The van der Waals surface area contributed by atoms with Gasteiger partial charge in [0.05, 0.1) is 15.1 Å². The van der Waals surface area contributed by atoms with Crippen LogP contribution in [0.15, 0.2) is 30.3 Å². The minimum atomic E-state index is 0.0252. The van der Waals surface area contributed by atoms with Crippen LogP contribution in [0.2, 0.25) is 15.1 Å². The summed E-state index contributed by atoms with van der Waals surface area (Å²) in [6, 6.07) is 7.35. The van der Waals surface area contributed by atoms with Gasteiger partial charge in [0.25, 0.3) is 0 Å². The van der Waals surface area contributed by atoms with Crippen molar-refractivity contribution in [2.45, 2.75) is 0 Å². The Labute approximate surface area is 113 Å². The lowest BCUT2D eigenvalue weighted by Crippen LogP contribution is -1.81. The second-order valence-electron chi connectivity index (χ2n) is 3.46. The Morgan fingerprint density at radius 2 is 1.41 bits per heavy atom. The molecule has 2 nitrogen and oxygen atoms in total. The average molecular weight is 290 g/mol. The van der Waals surface area contributed by atoms with Crippen molar-refractivity contribution in [2.75, 3.05) is 0 Å². The number of benzene rings is 2. The van der Waals surface area contributed by atoms with Crippen LogP contribution in [0.25, 0.3) is 11.1 Å². The van der Waals surface area contributed by atoms with Crippen molar-refractivity contribution in [3.63, 3.8) is 0 Å². The number of rotatable bonds is 1. The van der Waals surface area contributed by atoms with Crippen LogP contribution in [0.4, 0.5) is 0 Å². The summed E-state index contributed by atoms with van der Waals surface area (Å²) >= 11 is 17.6. The van der Waals surface area contributed by atoms with E-state index in [1.54, 1.807) is 12.1 Å². The summed E-state index contributed by atoms with van der Waals surface area (Å²) in [5.41, 5.74) is 1.02. The van der Waals surface area contributed by atoms with Crippen LogP contribution in [0, 0.1) is 0 Å². The zero-order chi connectivity index (χ0) is 12.6. The van der Waals surface area contributed by atoms with E-state index in [1.807, 2.05) is 0 Å². The van der Waals surface area contributed by atoms with Crippen molar-refractivity contribution < 1.29 is 10.2 Å². The van der Waals surface area contributed by atoms with Crippen molar-refractivity contribution in [1.29, 1.82) is 0 Å². The smallest absolute Gasteiger partial charge is 0.123 e. The highest BCUT2D eigenvalue weighted by atomic mass is 35.5. The van der Waals surface area contributed by atoms with E-state index in [0.29, 0.717) is 11.1 Å². The molecular formula is C12H7Cl3O2. The topological polar surface area (TPSA) is 40.5 Å². The summed E-state index contributed by atoms with van der Waals surface area (Å²) in [7, 11) is 0. The zero-order valence-electron chi connectivity index (χ0n) is 8.42. The molecular weight excluding hydrogens is 282 g/mol. The predicted octanol–water partition coefficient (Wildman–Crippen LogP) is 4.73. The molecule has 0 radical (unpaired) electrons. The van der Waals surface area contributed by atoms with Crippen LogP contribution >= 0.6 is 34.8 Å². The third-order valence-corrected chi connectivity index (χ3v) is 3.47. The fourth-order valence-corrected chi connectivity index (χ4v) is 2.06. The molecule has 0 atom stereocenters. The van der Waals surface area contributed by atoms with Gasteiger partial charge in [0.15, 0.2) is 0 Å². The Kier molecular flexibility index (Phi) is 3.38. The third kappa shape index (κ3) is 2.44. The van der Waals surface area contributed by atoms with Crippen molar-refractivity contribution in [3.05, 3.63) is 45.4 Å². The monoisotopic (exact) mass is 288 g/mol. The molecule has 2 aromatic rings. The Morgan fingerprint density at radius 1 is 0.824 bits per heavy atom. The van der Waals surface area contributed by atoms with E-state index in [4.69, 9.17) is 34.8 Å². The number of halogens is 3. The Balaban J connectivity index is 2.64. The van der Waals surface area contributed by atoms with Gasteiger partial charge in [0, 0.05) is 5.56 Å². The van der Waals surface area contributed by atoms with E-state index in [9.17, 15) is 10.2 Å². The fourth-order valence-electron chi connectivity index (χ4n) is 1.47. The van der Waals surface area contributed by atoms with Crippen LogP contribution < -0.4 is 0 Å². The summed E-state index contributed by atoms with van der Waals surface area (Å²) in [6.45, 7) is 0. The van der Waals surface area contributed by atoms with Gasteiger partial charge in [0.2, 0.25) is 0 Å². The standard InChI is InChI=1S/C12H7Cl3O2/c13-9-3-6(4-10(14)12(9)15)8-5-7(16)1-2-11(8)17/h1-5,16-17H. The lowest BCUT2D eigenvalue weighted by Gasteiger charge is -2.08. The molecule has 2 aromatic carbocycles. The highest BCUT2D eigenvalue weighted by Gasteiger charge is 2.10. The maximum Gasteiger partial charge on any atom is 0.123 e. The Bertz CT molecular complexity index is 559. The minimum Gasteiger partial charge on any atom is -0.508 e. The molecule has 0 aliphatic heterocycles. The van der Waals surface area contributed by atoms with Gasteiger partial charge in [-0.3, -0.25) is 0 Å². The van der Waals surface area contributed by atoms with Crippen molar-refractivity contribution in [3.8, 4) is 22.6 Å². The van der Waals surface area contributed by atoms with Crippen LogP contribution in [-0.4, -0.2) is 10.2 Å². The molecule has 0 saturated heterocycles. The maximum absolute atomic E-state index is 9.71. The maximum atomic E-state index is 9.71. The molecule has 17 heavy (non-hydrogen) atoms. The molecule has 88 valence electrons. The summed E-state index contributed by atoms with van der Waals surface area (Å²) < 4.78 is 0. The van der Waals surface area contributed by atoms with E-state index in [1.165, 1.54) is 18.2 Å². The van der Waals surface area contributed by atoms with Gasteiger partial charge in [-0.05, 0) is 35.9 Å². The van der Waals surface area contributed by atoms with E-state index < -0.39 is 0 Å².